The van der Waals surface area contributed by atoms with Gasteiger partial charge in [-0.2, -0.15) is 0 Å². The van der Waals surface area contributed by atoms with Crippen LogP contribution in [0.15, 0.2) is 12.1 Å². The Morgan fingerprint density at radius 2 is 1.79 bits per heavy atom. The number of aryl methyl sites for hydroxylation is 2. The van der Waals surface area contributed by atoms with Gasteiger partial charge in [0.25, 0.3) is 0 Å². The standard InChI is InChI=1S/C17H27NO/c1-12-10-14(11-13(2)16(12)19-5)17(3,4)8-9-18-15-6-7-15/h10-11,15,18H,6-9H2,1-5H3. The van der Waals surface area contributed by atoms with Crippen LogP contribution in [0.4, 0.5) is 0 Å². The lowest BCUT2D eigenvalue weighted by Crippen LogP contribution is -2.26. The van der Waals surface area contributed by atoms with Gasteiger partial charge in [0, 0.05) is 6.04 Å². The minimum atomic E-state index is 0.212. The van der Waals surface area contributed by atoms with Crippen molar-refractivity contribution in [1.82, 2.24) is 5.32 Å². The number of hydrogen-bond donors (Lipinski definition) is 1. The number of benzene rings is 1. The van der Waals surface area contributed by atoms with Crippen LogP contribution in [0.3, 0.4) is 0 Å². The molecular formula is C17H27NO. The van der Waals surface area contributed by atoms with Gasteiger partial charge in [0.05, 0.1) is 7.11 Å². The molecule has 0 amide bonds. The Morgan fingerprint density at radius 1 is 1.21 bits per heavy atom. The van der Waals surface area contributed by atoms with E-state index in [1.807, 2.05) is 0 Å². The number of methoxy groups -OCH3 is 1. The van der Waals surface area contributed by atoms with Crippen molar-refractivity contribution in [3.63, 3.8) is 0 Å². The fourth-order valence-electron chi connectivity index (χ4n) is 2.68. The number of ether oxygens (including phenoxy) is 1. The van der Waals surface area contributed by atoms with Gasteiger partial charge in [-0.25, -0.2) is 0 Å². The predicted molar refractivity (Wildman–Crippen MR) is 81.1 cm³/mol. The van der Waals surface area contributed by atoms with Crippen molar-refractivity contribution in [2.24, 2.45) is 0 Å². The van der Waals surface area contributed by atoms with E-state index in [4.69, 9.17) is 4.74 Å². The summed E-state index contributed by atoms with van der Waals surface area (Å²) in [6, 6.07) is 5.36. The van der Waals surface area contributed by atoms with Gasteiger partial charge in [0.15, 0.2) is 0 Å². The van der Waals surface area contributed by atoms with Crippen molar-refractivity contribution in [3.8, 4) is 5.75 Å². The molecule has 0 radical (unpaired) electrons. The largest absolute Gasteiger partial charge is 0.496 e. The monoisotopic (exact) mass is 261 g/mol. The molecule has 106 valence electrons. The number of rotatable bonds is 6. The van der Waals surface area contributed by atoms with E-state index in [-0.39, 0.29) is 5.41 Å². The second-order valence-electron chi connectivity index (χ2n) is 6.51. The normalized spacial score (nSPS) is 15.6. The van der Waals surface area contributed by atoms with Crippen LogP contribution in [0.2, 0.25) is 0 Å². The van der Waals surface area contributed by atoms with Crippen LogP contribution in [-0.4, -0.2) is 19.7 Å². The summed E-state index contributed by atoms with van der Waals surface area (Å²) in [5, 5.41) is 3.61. The zero-order valence-electron chi connectivity index (χ0n) is 13.0. The van der Waals surface area contributed by atoms with Crippen molar-refractivity contribution >= 4 is 0 Å². The van der Waals surface area contributed by atoms with Crippen LogP contribution in [0.1, 0.15) is 49.8 Å². The van der Waals surface area contributed by atoms with Gasteiger partial charge >= 0.3 is 0 Å². The molecule has 0 saturated heterocycles. The Bertz CT molecular complexity index is 424. The van der Waals surface area contributed by atoms with E-state index in [1.165, 1.54) is 36.0 Å². The molecular weight excluding hydrogens is 234 g/mol. The second kappa shape index (κ2) is 5.54. The average Bonchev–Trinajstić information content (AvgIpc) is 3.12. The first-order valence-corrected chi connectivity index (χ1v) is 7.33. The third-order valence-corrected chi connectivity index (χ3v) is 4.21. The first-order valence-electron chi connectivity index (χ1n) is 7.33. The third kappa shape index (κ3) is 3.50. The Hall–Kier alpha value is -1.02. The molecule has 0 aliphatic heterocycles. The molecule has 0 bridgehead atoms. The van der Waals surface area contributed by atoms with Gasteiger partial charge in [-0.05, 0) is 61.8 Å². The lowest BCUT2D eigenvalue weighted by molar-refractivity contribution is 0.406. The van der Waals surface area contributed by atoms with Crippen molar-refractivity contribution in [2.75, 3.05) is 13.7 Å². The maximum Gasteiger partial charge on any atom is 0.124 e. The van der Waals surface area contributed by atoms with Crippen LogP contribution in [0.25, 0.3) is 0 Å². The third-order valence-electron chi connectivity index (χ3n) is 4.21. The summed E-state index contributed by atoms with van der Waals surface area (Å²) < 4.78 is 5.45. The first-order chi connectivity index (χ1) is 8.94. The van der Waals surface area contributed by atoms with E-state index in [9.17, 15) is 0 Å². The van der Waals surface area contributed by atoms with Gasteiger partial charge in [-0.1, -0.05) is 26.0 Å². The highest BCUT2D eigenvalue weighted by Crippen LogP contribution is 2.33. The van der Waals surface area contributed by atoms with Gasteiger partial charge < -0.3 is 10.1 Å². The molecule has 1 aromatic rings. The van der Waals surface area contributed by atoms with E-state index >= 15 is 0 Å². The molecule has 1 aliphatic rings. The van der Waals surface area contributed by atoms with Crippen molar-refractivity contribution < 1.29 is 4.74 Å². The van der Waals surface area contributed by atoms with Crippen LogP contribution >= 0.6 is 0 Å². The van der Waals surface area contributed by atoms with Gasteiger partial charge in [0.2, 0.25) is 0 Å². The molecule has 0 heterocycles. The Kier molecular flexibility index (Phi) is 4.19. The minimum Gasteiger partial charge on any atom is -0.496 e. The molecule has 1 fully saturated rings. The fourth-order valence-corrected chi connectivity index (χ4v) is 2.68. The molecule has 2 rings (SSSR count). The van der Waals surface area contributed by atoms with Crippen LogP contribution in [0, 0.1) is 13.8 Å². The molecule has 0 aromatic heterocycles. The lowest BCUT2D eigenvalue weighted by Gasteiger charge is -2.27. The summed E-state index contributed by atoms with van der Waals surface area (Å²) in [5.74, 6) is 1.02. The Balaban J connectivity index is 2.09. The van der Waals surface area contributed by atoms with E-state index in [0.717, 1.165) is 18.3 Å². The topological polar surface area (TPSA) is 21.3 Å². The smallest absolute Gasteiger partial charge is 0.124 e. The summed E-state index contributed by atoms with van der Waals surface area (Å²) in [6.07, 6.45) is 3.90. The SMILES string of the molecule is COc1c(C)cc(C(C)(C)CCNC2CC2)cc1C. The number of nitrogens with one attached hydrogen (secondary N) is 1. The highest BCUT2D eigenvalue weighted by Gasteiger charge is 2.25. The zero-order chi connectivity index (χ0) is 14.0. The molecule has 1 aliphatic carbocycles. The predicted octanol–water partition coefficient (Wildman–Crippen LogP) is 3.73. The highest BCUT2D eigenvalue weighted by atomic mass is 16.5. The Labute approximate surface area is 117 Å². The molecule has 0 atom stereocenters. The van der Waals surface area contributed by atoms with Crippen LogP contribution in [-0.2, 0) is 5.41 Å². The maximum atomic E-state index is 5.45. The van der Waals surface area contributed by atoms with Crippen LogP contribution in [0.5, 0.6) is 5.75 Å². The van der Waals surface area contributed by atoms with Gasteiger partial charge in [0.1, 0.15) is 5.75 Å². The van der Waals surface area contributed by atoms with Gasteiger partial charge in [-0.3, -0.25) is 0 Å². The van der Waals surface area contributed by atoms with E-state index in [1.54, 1.807) is 7.11 Å². The summed E-state index contributed by atoms with van der Waals surface area (Å²) >= 11 is 0. The average molecular weight is 261 g/mol. The molecule has 1 N–H and O–H groups in total. The Morgan fingerprint density at radius 3 is 2.26 bits per heavy atom. The van der Waals surface area contributed by atoms with E-state index in [0.29, 0.717) is 0 Å². The van der Waals surface area contributed by atoms with Crippen LogP contribution < -0.4 is 10.1 Å². The first kappa shape index (κ1) is 14.4. The summed E-state index contributed by atoms with van der Waals surface area (Å²) in [4.78, 5) is 0. The maximum absolute atomic E-state index is 5.45. The van der Waals surface area contributed by atoms with Gasteiger partial charge in [-0.15, -0.1) is 0 Å². The zero-order valence-corrected chi connectivity index (χ0v) is 13.0. The molecule has 0 spiro atoms. The highest BCUT2D eigenvalue weighted by molar-refractivity contribution is 5.45. The molecule has 2 nitrogen and oxygen atoms in total. The molecule has 1 saturated carbocycles. The molecule has 0 unspecified atom stereocenters. The number of hydrogen-bond acceptors (Lipinski definition) is 2. The second-order valence-corrected chi connectivity index (χ2v) is 6.51. The quantitative estimate of drug-likeness (QED) is 0.842. The van der Waals surface area contributed by atoms with E-state index in [2.05, 4.69) is 45.1 Å². The minimum absolute atomic E-state index is 0.212. The van der Waals surface area contributed by atoms with Crippen molar-refractivity contribution in [1.29, 1.82) is 0 Å². The van der Waals surface area contributed by atoms with E-state index < -0.39 is 0 Å². The van der Waals surface area contributed by atoms with Crippen molar-refractivity contribution in [3.05, 3.63) is 28.8 Å². The molecule has 1 aromatic carbocycles. The molecule has 19 heavy (non-hydrogen) atoms. The lowest BCUT2D eigenvalue weighted by atomic mass is 9.80. The summed E-state index contributed by atoms with van der Waals surface area (Å²) in [6.45, 7) is 10.0. The summed E-state index contributed by atoms with van der Waals surface area (Å²) in [7, 11) is 1.75. The fraction of sp³-hybridized carbons (Fsp3) is 0.647. The van der Waals surface area contributed by atoms with Crippen molar-refractivity contribution in [2.45, 2.75) is 58.4 Å². The summed E-state index contributed by atoms with van der Waals surface area (Å²) in [5.41, 5.74) is 4.10. The molecule has 2 heteroatoms.